The fraction of sp³-hybridized carbons (Fsp3) is 0.312. The molecule has 1 atom stereocenters. The Kier molecular flexibility index (Phi) is 5.39. The van der Waals surface area contributed by atoms with E-state index in [1.165, 1.54) is 5.56 Å². The van der Waals surface area contributed by atoms with Crippen LogP contribution in [0.1, 0.15) is 18.1 Å². The van der Waals surface area contributed by atoms with Crippen LogP contribution in [0.15, 0.2) is 48.7 Å². The Labute approximate surface area is 125 Å². The monoisotopic (exact) mass is 290 g/mol. The molecule has 1 aromatic carbocycles. The van der Waals surface area contributed by atoms with Crippen LogP contribution < -0.4 is 4.74 Å². The van der Waals surface area contributed by atoms with Crippen molar-refractivity contribution < 1.29 is 4.74 Å². The molecule has 0 spiro atoms. The van der Waals surface area contributed by atoms with Gasteiger partial charge in [-0.3, -0.25) is 0 Å². The Balaban J connectivity index is 2.12. The molecule has 3 nitrogen and oxygen atoms in total. The lowest BCUT2D eigenvalue weighted by Gasteiger charge is -2.21. The highest BCUT2D eigenvalue weighted by Crippen LogP contribution is 2.25. The topological polar surface area (TPSA) is 25.4 Å². The number of nitrogens with zero attached hydrogens (tertiary/aromatic N) is 2. The second-order valence-corrected chi connectivity index (χ2v) is 5.31. The molecule has 0 fully saturated rings. The summed E-state index contributed by atoms with van der Waals surface area (Å²) in [6.07, 6.45) is 2.59. The number of ether oxygens (including phenoxy) is 1. The van der Waals surface area contributed by atoms with Crippen molar-refractivity contribution in [2.75, 3.05) is 20.6 Å². The van der Waals surface area contributed by atoms with Crippen LogP contribution in [0.5, 0.6) is 5.75 Å². The predicted molar refractivity (Wildman–Crippen MR) is 82.2 cm³/mol. The smallest absolute Gasteiger partial charge is 0.138 e. The number of pyridine rings is 1. The number of benzene rings is 1. The zero-order valence-corrected chi connectivity index (χ0v) is 12.5. The van der Waals surface area contributed by atoms with E-state index in [1.54, 1.807) is 12.3 Å². The van der Waals surface area contributed by atoms with Crippen LogP contribution in [0.3, 0.4) is 0 Å². The summed E-state index contributed by atoms with van der Waals surface area (Å²) in [6.45, 7) is 0.959. The number of halogens is 1. The molecule has 0 amide bonds. The molecule has 106 valence electrons. The van der Waals surface area contributed by atoms with Crippen molar-refractivity contribution in [2.24, 2.45) is 0 Å². The molecule has 20 heavy (non-hydrogen) atoms. The molecule has 0 saturated heterocycles. The molecule has 2 aromatic rings. The third-order valence-corrected chi connectivity index (χ3v) is 3.21. The maximum atomic E-state index is 6.06. The lowest BCUT2D eigenvalue weighted by atomic mass is 10.1. The standard InChI is InChI=1S/C16H19ClN2O/c1-19(2)11-10-15(13-6-4-3-5-7-13)20-14-8-9-16(17)18-12-14/h3-9,12,15H,10-11H2,1-2H3. The molecular weight excluding hydrogens is 272 g/mol. The summed E-state index contributed by atoms with van der Waals surface area (Å²) in [4.78, 5) is 6.20. The van der Waals surface area contributed by atoms with Crippen LogP contribution in [-0.4, -0.2) is 30.5 Å². The molecule has 1 unspecified atom stereocenters. The fourth-order valence-electron chi connectivity index (χ4n) is 1.93. The van der Waals surface area contributed by atoms with Crippen LogP contribution in [0.4, 0.5) is 0 Å². The summed E-state index contributed by atoms with van der Waals surface area (Å²) in [7, 11) is 4.12. The Hall–Kier alpha value is -1.58. The second-order valence-electron chi connectivity index (χ2n) is 4.93. The number of rotatable bonds is 6. The first-order chi connectivity index (χ1) is 9.65. The van der Waals surface area contributed by atoms with Gasteiger partial charge in [-0.1, -0.05) is 41.9 Å². The van der Waals surface area contributed by atoms with Gasteiger partial charge in [0, 0.05) is 13.0 Å². The number of hydrogen-bond donors (Lipinski definition) is 0. The second kappa shape index (κ2) is 7.27. The van der Waals surface area contributed by atoms with Gasteiger partial charge >= 0.3 is 0 Å². The molecule has 0 aliphatic carbocycles. The van der Waals surface area contributed by atoms with Gasteiger partial charge in [-0.05, 0) is 31.8 Å². The summed E-state index contributed by atoms with van der Waals surface area (Å²) in [5.41, 5.74) is 1.17. The maximum Gasteiger partial charge on any atom is 0.138 e. The molecule has 4 heteroatoms. The molecule has 0 radical (unpaired) electrons. The average molecular weight is 291 g/mol. The summed E-state index contributed by atoms with van der Waals surface area (Å²) in [5, 5.41) is 0.474. The van der Waals surface area contributed by atoms with Crippen LogP contribution in [0.25, 0.3) is 0 Å². The molecule has 1 aromatic heterocycles. The van der Waals surface area contributed by atoms with Crippen molar-refractivity contribution in [3.8, 4) is 5.75 Å². The molecule has 1 heterocycles. The van der Waals surface area contributed by atoms with E-state index in [9.17, 15) is 0 Å². The molecule has 2 rings (SSSR count). The fourth-order valence-corrected chi connectivity index (χ4v) is 2.04. The summed E-state index contributed by atoms with van der Waals surface area (Å²) in [6, 6.07) is 13.8. The van der Waals surface area contributed by atoms with Crippen LogP contribution in [0, 0.1) is 0 Å². The summed E-state index contributed by atoms with van der Waals surface area (Å²) < 4.78 is 6.06. The SMILES string of the molecule is CN(C)CCC(Oc1ccc(Cl)nc1)c1ccccc1. The quantitative estimate of drug-likeness (QED) is 0.757. The molecule has 0 aliphatic rings. The van der Waals surface area contributed by atoms with Crippen molar-refractivity contribution in [1.82, 2.24) is 9.88 Å². The van der Waals surface area contributed by atoms with Crippen LogP contribution in [0.2, 0.25) is 5.15 Å². The van der Waals surface area contributed by atoms with Gasteiger partial charge in [-0.15, -0.1) is 0 Å². The molecule has 0 bridgehead atoms. The van der Waals surface area contributed by atoms with E-state index in [0.717, 1.165) is 18.7 Å². The van der Waals surface area contributed by atoms with Gasteiger partial charge in [0.15, 0.2) is 0 Å². The van der Waals surface area contributed by atoms with Gasteiger partial charge < -0.3 is 9.64 Å². The Bertz CT molecular complexity index is 514. The molecular formula is C16H19ClN2O. The van der Waals surface area contributed by atoms with Gasteiger partial charge in [0.2, 0.25) is 0 Å². The highest BCUT2D eigenvalue weighted by Gasteiger charge is 2.13. The van der Waals surface area contributed by atoms with Crippen molar-refractivity contribution in [1.29, 1.82) is 0 Å². The van der Waals surface area contributed by atoms with E-state index < -0.39 is 0 Å². The van der Waals surface area contributed by atoms with Crippen LogP contribution >= 0.6 is 11.6 Å². The third-order valence-electron chi connectivity index (χ3n) is 2.99. The van der Waals surface area contributed by atoms with E-state index in [4.69, 9.17) is 16.3 Å². The average Bonchev–Trinajstić information content (AvgIpc) is 2.46. The van der Waals surface area contributed by atoms with Gasteiger partial charge in [0.1, 0.15) is 17.0 Å². The van der Waals surface area contributed by atoms with Crippen molar-refractivity contribution in [3.05, 3.63) is 59.4 Å². The van der Waals surface area contributed by atoms with Gasteiger partial charge in [-0.2, -0.15) is 0 Å². The first kappa shape index (κ1) is 14.8. The van der Waals surface area contributed by atoms with Crippen molar-refractivity contribution in [2.45, 2.75) is 12.5 Å². The first-order valence-electron chi connectivity index (χ1n) is 6.63. The van der Waals surface area contributed by atoms with E-state index >= 15 is 0 Å². The maximum absolute atomic E-state index is 6.06. The molecule has 0 saturated carbocycles. The Morgan fingerprint density at radius 2 is 1.90 bits per heavy atom. The Morgan fingerprint density at radius 3 is 2.50 bits per heavy atom. The van der Waals surface area contributed by atoms with E-state index in [2.05, 4.69) is 36.1 Å². The van der Waals surface area contributed by atoms with Gasteiger partial charge in [-0.25, -0.2) is 4.98 Å². The minimum Gasteiger partial charge on any atom is -0.484 e. The largest absolute Gasteiger partial charge is 0.484 e. The Morgan fingerprint density at radius 1 is 1.15 bits per heavy atom. The van der Waals surface area contributed by atoms with Crippen LogP contribution in [-0.2, 0) is 0 Å². The molecule has 0 N–H and O–H groups in total. The summed E-state index contributed by atoms with van der Waals surface area (Å²) in [5.74, 6) is 0.738. The minimum absolute atomic E-state index is 0.0153. The zero-order chi connectivity index (χ0) is 14.4. The van der Waals surface area contributed by atoms with Crippen molar-refractivity contribution >= 4 is 11.6 Å². The third kappa shape index (κ3) is 4.51. The minimum atomic E-state index is 0.0153. The van der Waals surface area contributed by atoms with E-state index in [0.29, 0.717) is 5.15 Å². The van der Waals surface area contributed by atoms with E-state index in [1.807, 2.05) is 24.3 Å². The highest BCUT2D eigenvalue weighted by molar-refractivity contribution is 6.29. The molecule has 0 aliphatic heterocycles. The number of hydrogen-bond acceptors (Lipinski definition) is 3. The summed E-state index contributed by atoms with van der Waals surface area (Å²) >= 11 is 5.79. The van der Waals surface area contributed by atoms with E-state index in [-0.39, 0.29) is 6.10 Å². The normalized spacial score (nSPS) is 12.4. The lowest BCUT2D eigenvalue weighted by Crippen LogP contribution is -2.18. The van der Waals surface area contributed by atoms with Crippen molar-refractivity contribution in [3.63, 3.8) is 0 Å². The lowest BCUT2D eigenvalue weighted by molar-refractivity contribution is 0.179. The zero-order valence-electron chi connectivity index (χ0n) is 11.8. The van der Waals surface area contributed by atoms with Gasteiger partial charge in [0.25, 0.3) is 0 Å². The first-order valence-corrected chi connectivity index (χ1v) is 7.01. The number of aromatic nitrogens is 1. The highest BCUT2D eigenvalue weighted by atomic mass is 35.5. The van der Waals surface area contributed by atoms with Gasteiger partial charge in [0.05, 0.1) is 6.20 Å². The predicted octanol–water partition coefficient (Wildman–Crippen LogP) is 3.81.